The van der Waals surface area contributed by atoms with Crippen molar-refractivity contribution in [3.63, 3.8) is 0 Å². The fourth-order valence-corrected chi connectivity index (χ4v) is 2.67. The number of nitrogens with zero attached hydrogens (tertiary/aromatic N) is 2. The Hall–Kier alpha value is -1.40. The van der Waals surface area contributed by atoms with Crippen LogP contribution in [-0.4, -0.2) is 52.0 Å². The van der Waals surface area contributed by atoms with Crippen LogP contribution in [0.3, 0.4) is 0 Å². The molecule has 0 bridgehead atoms. The van der Waals surface area contributed by atoms with Crippen LogP contribution in [-0.2, 0) is 11.2 Å². The summed E-state index contributed by atoms with van der Waals surface area (Å²) < 4.78 is 5.08. The van der Waals surface area contributed by atoms with Crippen LogP contribution in [0.25, 0.3) is 0 Å². The summed E-state index contributed by atoms with van der Waals surface area (Å²) in [6.07, 6.45) is 1.04. The Morgan fingerprint density at radius 2 is 2.25 bits per heavy atom. The number of hydrogen-bond acceptors (Lipinski definition) is 5. The van der Waals surface area contributed by atoms with Crippen LogP contribution >= 0.6 is 0 Å². The predicted molar refractivity (Wildman–Crippen MR) is 72.1 cm³/mol. The summed E-state index contributed by atoms with van der Waals surface area (Å²) in [4.78, 5) is 13.9. The normalized spacial score (nSPS) is 23.1. The molecule has 0 spiro atoms. The van der Waals surface area contributed by atoms with E-state index in [1.165, 1.54) is 0 Å². The standard InChI is InChI=1S/C14H22N2O4/c1-9-12(10(2)20-15-9)3-4-14(19)16-6-5-13(18)11(7-16)8-17/h11,13,17-18H,3-8H2,1-2H3/t11-,13-/m0/s1. The monoisotopic (exact) mass is 282 g/mol. The van der Waals surface area contributed by atoms with E-state index in [0.29, 0.717) is 32.4 Å². The summed E-state index contributed by atoms with van der Waals surface area (Å²) in [7, 11) is 0. The molecule has 0 aliphatic carbocycles. The molecular weight excluding hydrogens is 260 g/mol. The molecule has 0 unspecified atom stereocenters. The molecule has 1 aromatic rings. The average molecular weight is 282 g/mol. The highest BCUT2D eigenvalue weighted by molar-refractivity contribution is 5.76. The van der Waals surface area contributed by atoms with Crippen LogP contribution in [0.4, 0.5) is 0 Å². The van der Waals surface area contributed by atoms with Crippen molar-refractivity contribution < 1.29 is 19.5 Å². The summed E-state index contributed by atoms with van der Waals surface area (Å²) in [6.45, 7) is 4.61. The lowest BCUT2D eigenvalue weighted by atomic mass is 9.95. The molecule has 1 aromatic heterocycles. The van der Waals surface area contributed by atoms with Crippen molar-refractivity contribution in [1.82, 2.24) is 10.1 Å². The zero-order valence-corrected chi connectivity index (χ0v) is 12.0. The number of likely N-dealkylation sites (tertiary alicyclic amines) is 1. The molecule has 0 aromatic carbocycles. The first-order valence-corrected chi connectivity index (χ1v) is 7.01. The SMILES string of the molecule is Cc1noc(C)c1CCC(=O)N1CC[C@H](O)[C@H](CO)C1. The zero-order chi connectivity index (χ0) is 14.7. The zero-order valence-electron chi connectivity index (χ0n) is 12.0. The third-order valence-electron chi connectivity index (χ3n) is 4.05. The van der Waals surface area contributed by atoms with Crippen molar-refractivity contribution in [2.75, 3.05) is 19.7 Å². The summed E-state index contributed by atoms with van der Waals surface area (Å²) in [6, 6.07) is 0. The van der Waals surface area contributed by atoms with Gasteiger partial charge in [0, 0.05) is 31.0 Å². The molecule has 1 saturated heterocycles. The van der Waals surface area contributed by atoms with E-state index >= 15 is 0 Å². The quantitative estimate of drug-likeness (QED) is 0.836. The van der Waals surface area contributed by atoms with Gasteiger partial charge in [-0.25, -0.2) is 0 Å². The van der Waals surface area contributed by atoms with E-state index in [0.717, 1.165) is 17.0 Å². The van der Waals surface area contributed by atoms with Crippen LogP contribution in [0.1, 0.15) is 29.9 Å². The Kier molecular flexibility index (Phi) is 4.77. The molecule has 20 heavy (non-hydrogen) atoms. The number of aryl methyl sites for hydroxylation is 2. The van der Waals surface area contributed by atoms with Gasteiger partial charge in [-0.2, -0.15) is 0 Å². The number of piperidine rings is 1. The number of aliphatic hydroxyl groups is 2. The van der Waals surface area contributed by atoms with Gasteiger partial charge in [-0.05, 0) is 26.7 Å². The average Bonchev–Trinajstić information content (AvgIpc) is 2.76. The Morgan fingerprint density at radius 1 is 1.50 bits per heavy atom. The van der Waals surface area contributed by atoms with Crippen LogP contribution in [0.15, 0.2) is 4.52 Å². The van der Waals surface area contributed by atoms with E-state index in [1.807, 2.05) is 13.8 Å². The topological polar surface area (TPSA) is 86.8 Å². The highest BCUT2D eigenvalue weighted by Gasteiger charge is 2.29. The molecule has 0 saturated carbocycles. The van der Waals surface area contributed by atoms with Crippen molar-refractivity contribution >= 4 is 5.91 Å². The van der Waals surface area contributed by atoms with Gasteiger partial charge < -0.3 is 19.6 Å². The maximum atomic E-state index is 12.2. The number of aliphatic hydroxyl groups excluding tert-OH is 2. The van der Waals surface area contributed by atoms with Crippen LogP contribution in [0, 0.1) is 19.8 Å². The second-order valence-electron chi connectivity index (χ2n) is 5.44. The molecule has 0 radical (unpaired) electrons. The number of amides is 1. The summed E-state index contributed by atoms with van der Waals surface area (Å²) >= 11 is 0. The Bertz CT molecular complexity index is 452. The van der Waals surface area contributed by atoms with Gasteiger partial charge in [0.2, 0.25) is 5.91 Å². The van der Waals surface area contributed by atoms with Crippen molar-refractivity contribution in [3.8, 4) is 0 Å². The van der Waals surface area contributed by atoms with Crippen molar-refractivity contribution in [3.05, 3.63) is 17.0 Å². The number of rotatable bonds is 4. The largest absolute Gasteiger partial charge is 0.396 e. The van der Waals surface area contributed by atoms with Gasteiger partial charge in [0.15, 0.2) is 0 Å². The van der Waals surface area contributed by atoms with E-state index < -0.39 is 6.10 Å². The number of carbonyl (C=O) groups is 1. The molecule has 2 N–H and O–H groups in total. The van der Waals surface area contributed by atoms with Gasteiger partial charge in [0.05, 0.1) is 18.4 Å². The predicted octanol–water partition coefficient (Wildman–Crippen LogP) is 0.426. The minimum absolute atomic E-state index is 0.0513. The number of aromatic nitrogens is 1. The lowest BCUT2D eigenvalue weighted by Crippen LogP contribution is -2.47. The van der Waals surface area contributed by atoms with E-state index in [-0.39, 0.29) is 18.4 Å². The maximum absolute atomic E-state index is 12.2. The molecule has 6 nitrogen and oxygen atoms in total. The van der Waals surface area contributed by atoms with Gasteiger partial charge in [0.1, 0.15) is 5.76 Å². The fraction of sp³-hybridized carbons (Fsp3) is 0.714. The summed E-state index contributed by atoms with van der Waals surface area (Å²) in [5, 5.41) is 22.8. The van der Waals surface area contributed by atoms with E-state index in [2.05, 4.69) is 5.16 Å². The minimum Gasteiger partial charge on any atom is -0.396 e. The van der Waals surface area contributed by atoms with Gasteiger partial charge in [0.25, 0.3) is 0 Å². The first-order valence-electron chi connectivity index (χ1n) is 7.01. The molecule has 112 valence electrons. The smallest absolute Gasteiger partial charge is 0.222 e. The Morgan fingerprint density at radius 3 is 2.85 bits per heavy atom. The molecule has 1 fully saturated rings. The summed E-state index contributed by atoms with van der Waals surface area (Å²) in [5.41, 5.74) is 1.83. The molecule has 1 amide bonds. The first-order chi connectivity index (χ1) is 9.52. The van der Waals surface area contributed by atoms with Crippen LogP contribution in [0.5, 0.6) is 0 Å². The molecule has 1 aliphatic heterocycles. The van der Waals surface area contributed by atoms with Crippen LogP contribution in [0.2, 0.25) is 0 Å². The van der Waals surface area contributed by atoms with Gasteiger partial charge in [-0.3, -0.25) is 4.79 Å². The lowest BCUT2D eigenvalue weighted by Gasteiger charge is -2.35. The van der Waals surface area contributed by atoms with Crippen molar-refractivity contribution in [2.24, 2.45) is 5.92 Å². The highest BCUT2D eigenvalue weighted by atomic mass is 16.5. The van der Waals surface area contributed by atoms with E-state index in [4.69, 9.17) is 4.52 Å². The number of hydrogen-bond donors (Lipinski definition) is 2. The van der Waals surface area contributed by atoms with E-state index in [9.17, 15) is 15.0 Å². The molecule has 2 rings (SSSR count). The van der Waals surface area contributed by atoms with E-state index in [1.54, 1.807) is 4.90 Å². The highest BCUT2D eigenvalue weighted by Crippen LogP contribution is 2.19. The fourth-order valence-electron chi connectivity index (χ4n) is 2.67. The van der Waals surface area contributed by atoms with Gasteiger partial charge in [-0.15, -0.1) is 0 Å². The van der Waals surface area contributed by atoms with Crippen molar-refractivity contribution in [2.45, 2.75) is 39.2 Å². The van der Waals surface area contributed by atoms with Crippen molar-refractivity contribution in [1.29, 1.82) is 0 Å². The first kappa shape index (κ1) is 15.0. The second-order valence-corrected chi connectivity index (χ2v) is 5.44. The number of carbonyl (C=O) groups excluding carboxylic acids is 1. The maximum Gasteiger partial charge on any atom is 0.222 e. The third-order valence-corrected chi connectivity index (χ3v) is 4.05. The van der Waals surface area contributed by atoms with Gasteiger partial charge in [-0.1, -0.05) is 5.16 Å². The minimum atomic E-state index is -0.508. The summed E-state index contributed by atoms with van der Waals surface area (Å²) in [5.74, 6) is 0.583. The third kappa shape index (κ3) is 3.19. The molecule has 6 heteroatoms. The molecule has 1 aliphatic rings. The second kappa shape index (κ2) is 6.37. The van der Waals surface area contributed by atoms with Gasteiger partial charge >= 0.3 is 0 Å². The molecule has 2 heterocycles. The Balaban J connectivity index is 1.89. The molecular formula is C14H22N2O4. The molecule has 2 atom stereocenters. The van der Waals surface area contributed by atoms with Crippen LogP contribution < -0.4 is 0 Å². The Labute approximate surface area is 118 Å². The lowest BCUT2D eigenvalue weighted by molar-refractivity contribution is -0.135.